The lowest BCUT2D eigenvalue weighted by atomic mass is 10.0. The number of aromatic amines is 1. The van der Waals surface area contributed by atoms with Crippen molar-refractivity contribution in [1.29, 1.82) is 0 Å². The molecule has 174 valence electrons. The summed E-state index contributed by atoms with van der Waals surface area (Å²) in [6.45, 7) is 2.58. The van der Waals surface area contributed by atoms with Crippen LogP contribution < -0.4 is 0 Å². The average Bonchev–Trinajstić information content (AvgIpc) is 3.28. The standard InChI is InChI=1S/C29H27N5O/c35-29(22-8-9-22)33-15-12-19(17-33)18-34-27-11-13-30-16-26(27)32-28(34)21-6-4-20(5-7-21)23-2-1-3-25-24(23)10-14-31-25/h1-7,10-11,13-14,16,19,22,31H,8-9,12,15,17-18H2. The summed E-state index contributed by atoms with van der Waals surface area (Å²) in [6.07, 6.45) is 8.84. The summed E-state index contributed by atoms with van der Waals surface area (Å²) in [5.41, 5.74) is 6.66. The maximum Gasteiger partial charge on any atom is 0.225 e. The van der Waals surface area contributed by atoms with Crippen LogP contribution in [-0.4, -0.2) is 43.4 Å². The Labute approximate surface area is 203 Å². The molecule has 6 nitrogen and oxygen atoms in total. The van der Waals surface area contributed by atoms with Gasteiger partial charge in [0.05, 0.1) is 11.7 Å². The van der Waals surface area contributed by atoms with Gasteiger partial charge in [-0.05, 0) is 54.5 Å². The van der Waals surface area contributed by atoms with Crippen molar-refractivity contribution in [2.45, 2.75) is 25.8 Å². The van der Waals surface area contributed by atoms with Crippen LogP contribution in [0.1, 0.15) is 19.3 Å². The number of rotatable bonds is 5. The van der Waals surface area contributed by atoms with Gasteiger partial charge in [-0.2, -0.15) is 0 Å². The van der Waals surface area contributed by atoms with E-state index >= 15 is 0 Å². The van der Waals surface area contributed by atoms with Gasteiger partial charge >= 0.3 is 0 Å². The Kier molecular flexibility index (Phi) is 4.72. The number of pyridine rings is 1. The zero-order valence-electron chi connectivity index (χ0n) is 19.5. The first kappa shape index (κ1) is 20.4. The summed E-state index contributed by atoms with van der Waals surface area (Å²) < 4.78 is 2.33. The fourth-order valence-electron chi connectivity index (χ4n) is 5.55. The van der Waals surface area contributed by atoms with Gasteiger partial charge in [0.1, 0.15) is 11.3 Å². The number of fused-ring (bicyclic) bond motifs is 2. The molecule has 0 bridgehead atoms. The first-order valence-electron chi connectivity index (χ1n) is 12.5. The van der Waals surface area contributed by atoms with E-state index in [2.05, 4.69) is 74.0 Å². The van der Waals surface area contributed by atoms with Crippen molar-refractivity contribution < 1.29 is 4.79 Å². The molecule has 0 spiro atoms. The molecule has 1 unspecified atom stereocenters. The smallest absolute Gasteiger partial charge is 0.225 e. The van der Waals surface area contributed by atoms with Crippen LogP contribution >= 0.6 is 0 Å². The van der Waals surface area contributed by atoms with Crippen LogP contribution in [0.5, 0.6) is 0 Å². The Morgan fingerprint density at radius 2 is 1.86 bits per heavy atom. The van der Waals surface area contributed by atoms with Gasteiger partial charge in [0, 0.05) is 54.4 Å². The number of hydrogen-bond donors (Lipinski definition) is 1. The van der Waals surface area contributed by atoms with Crippen molar-refractivity contribution in [2.75, 3.05) is 13.1 Å². The highest BCUT2D eigenvalue weighted by Gasteiger charge is 2.36. The van der Waals surface area contributed by atoms with E-state index in [4.69, 9.17) is 4.98 Å². The molecule has 7 rings (SSSR count). The highest BCUT2D eigenvalue weighted by atomic mass is 16.2. The normalized spacial score (nSPS) is 18.1. The lowest BCUT2D eigenvalue weighted by molar-refractivity contribution is -0.131. The number of imidazole rings is 1. The average molecular weight is 462 g/mol. The Hall–Kier alpha value is -3.93. The highest BCUT2D eigenvalue weighted by Crippen LogP contribution is 2.35. The number of nitrogens with zero attached hydrogens (tertiary/aromatic N) is 4. The van der Waals surface area contributed by atoms with Gasteiger partial charge in [-0.25, -0.2) is 4.98 Å². The summed E-state index contributed by atoms with van der Waals surface area (Å²) in [7, 11) is 0. The lowest BCUT2D eigenvalue weighted by Crippen LogP contribution is -2.30. The van der Waals surface area contributed by atoms with E-state index in [1.54, 1.807) is 0 Å². The number of benzene rings is 2. The van der Waals surface area contributed by atoms with Gasteiger partial charge in [0.25, 0.3) is 0 Å². The third kappa shape index (κ3) is 3.60. The number of amides is 1. The van der Waals surface area contributed by atoms with Crippen LogP contribution in [0.15, 0.2) is 73.2 Å². The second-order valence-corrected chi connectivity index (χ2v) is 9.95. The molecule has 2 aromatic carbocycles. The van der Waals surface area contributed by atoms with E-state index in [1.165, 1.54) is 16.5 Å². The minimum atomic E-state index is 0.292. The van der Waals surface area contributed by atoms with Crippen molar-refractivity contribution in [2.24, 2.45) is 11.8 Å². The van der Waals surface area contributed by atoms with Gasteiger partial charge in [0.2, 0.25) is 5.91 Å². The van der Waals surface area contributed by atoms with Crippen LogP contribution in [0.2, 0.25) is 0 Å². The molecule has 1 saturated carbocycles. The molecule has 1 atom stereocenters. The Morgan fingerprint density at radius 3 is 2.71 bits per heavy atom. The number of hydrogen-bond acceptors (Lipinski definition) is 3. The molecule has 1 aliphatic heterocycles. The predicted molar refractivity (Wildman–Crippen MR) is 138 cm³/mol. The fourth-order valence-corrected chi connectivity index (χ4v) is 5.55. The molecule has 2 aliphatic rings. The topological polar surface area (TPSA) is 66.8 Å². The van der Waals surface area contributed by atoms with E-state index in [0.29, 0.717) is 17.7 Å². The molecular weight excluding hydrogens is 434 g/mol. The first-order chi connectivity index (χ1) is 17.2. The maximum atomic E-state index is 12.6. The number of likely N-dealkylation sites (tertiary alicyclic amines) is 1. The lowest BCUT2D eigenvalue weighted by Gasteiger charge is -2.18. The minimum Gasteiger partial charge on any atom is -0.361 e. The first-order valence-corrected chi connectivity index (χ1v) is 12.5. The molecule has 1 N–H and O–H groups in total. The van der Waals surface area contributed by atoms with Crippen molar-refractivity contribution >= 4 is 27.8 Å². The van der Waals surface area contributed by atoms with Crippen molar-refractivity contribution in [3.05, 3.63) is 73.2 Å². The number of aromatic nitrogens is 4. The van der Waals surface area contributed by atoms with Gasteiger partial charge in [0.15, 0.2) is 0 Å². The fraction of sp³-hybridized carbons (Fsp3) is 0.276. The number of H-pyrrole nitrogens is 1. The molecule has 35 heavy (non-hydrogen) atoms. The maximum absolute atomic E-state index is 12.6. The van der Waals surface area contributed by atoms with E-state index in [1.807, 2.05) is 18.6 Å². The molecule has 1 aliphatic carbocycles. The Balaban J connectivity index is 1.21. The molecule has 4 heterocycles. The van der Waals surface area contributed by atoms with Crippen molar-refractivity contribution in [3.63, 3.8) is 0 Å². The Morgan fingerprint density at radius 1 is 1.00 bits per heavy atom. The summed E-state index contributed by atoms with van der Waals surface area (Å²) >= 11 is 0. The van der Waals surface area contributed by atoms with E-state index < -0.39 is 0 Å². The monoisotopic (exact) mass is 461 g/mol. The molecule has 0 radical (unpaired) electrons. The quantitative estimate of drug-likeness (QED) is 0.376. The summed E-state index contributed by atoms with van der Waals surface area (Å²) in [6, 6.07) is 19.3. The van der Waals surface area contributed by atoms with Crippen LogP contribution in [-0.2, 0) is 11.3 Å². The molecule has 2 fully saturated rings. The number of carbonyl (C=O) groups excluding carboxylic acids is 1. The summed E-state index contributed by atoms with van der Waals surface area (Å²) in [4.78, 5) is 27.2. The number of carbonyl (C=O) groups is 1. The summed E-state index contributed by atoms with van der Waals surface area (Å²) in [5, 5.41) is 1.23. The summed E-state index contributed by atoms with van der Waals surface area (Å²) in [5.74, 6) is 2.05. The van der Waals surface area contributed by atoms with E-state index in [0.717, 1.165) is 66.8 Å². The molecule has 6 heteroatoms. The molecule has 5 aromatic rings. The Bertz CT molecular complexity index is 1540. The van der Waals surface area contributed by atoms with Crippen LogP contribution in [0.25, 0.3) is 44.5 Å². The van der Waals surface area contributed by atoms with Crippen LogP contribution in [0, 0.1) is 11.8 Å². The largest absolute Gasteiger partial charge is 0.361 e. The van der Waals surface area contributed by atoms with Crippen molar-refractivity contribution in [3.8, 4) is 22.5 Å². The van der Waals surface area contributed by atoms with Crippen LogP contribution in [0.3, 0.4) is 0 Å². The van der Waals surface area contributed by atoms with E-state index in [-0.39, 0.29) is 0 Å². The molecule has 3 aromatic heterocycles. The van der Waals surface area contributed by atoms with Crippen molar-refractivity contribution in [1.82, 2.24) is 24.4 Å². The van der Waals surface area contributed by atoms with Crippen LogP contribution in [0.4, 0.5) is 0 Å². The molecule has 1 amide bonds. The zero-order chi connectivity index (χ0) is 23.4. The third-order valence-corrected chi connectivity index (χ3v) is 7.56. The third-order valence-electron chi connectivity index (χ3n) is 7.56. The number of nitrogens with one attached hydrogen (secondary N) is 1. The van der Waals surface area contributed by atoms with Gasteiger partial charge in [-0.3, -0.25) is 9.78 Å². The molecule has 1 saturated heterocycles. The minimum absolute atomic E-state index is 0.292. The van der Waals surface area contributed by atoms with E-state index in [9.17, 15) is 4.79 Å². The predicted octanol–water partition coefficient (Wildman–Crippen LogP) is 5.51. The van der Waals surface area contributed by atoms with Gasteiger partial charge in [-0.15, -0.1) is 0 Å². The zero-order valence-corrected chi connectivity index (χ0v) is 19.5. The second kappa shape index (κ2) is 8.08. The van der Waals surface area contributed by atoms with Gasteiger partial charge in [-0.1, -0.05) is 36.4 Å². The van der Waals surface area contributed by atoms with Gasteiger partial charge < -0.3 is 14.5 Å². The second-order valence-electron chi connectivity index (χ2n) is 9.95. The molecular formula is C29H27N5O. The SMILES string of the molecule is O=C(C1CC1)N1CCC(Cn2c(-c3ccc(-c4cccc5[nH]ccc45)cc3)nc3cnccc32)C1. The highest BCUT2D eigenvalue weighted by molar-refractivity contribution is 5.95.